The molecule has 0 radical (unpaired) electrons. The first-order chi connectivity index (χ1) is 14.3. The molecule has 1 unspecified atom stereocenters. The maximum absolute atomic E-state index is 12.7. The van der Waals surface area contributed by atoms with Gasteiger partial charge in [-0.15, -0.1) is 0 Å². The van der Waals surface area contributed by atoms with Gasteiger partial charge in [-0.2, -0.15) is 5.10 Å². The van der Waals surface area contributed by atoms with Crippen molar-refractivity contribution in [2.45, 2.75) is 25.3 Å². The second kappa shape index (κ2) is 8.35. The molecule has 4 rings (SSSR count). The zero-order valence-electron chi connectivity index (χ0n) is 17.1. The lowest BCUT2D eigenvalue weighted by molar-refractivity contribution is -0.133. The lowest BCUT2D eigenvalue weighted by atomic mass is 10.1. The van der Waals surface area contributed by atoms with E-state index in [0.29, 0.717) is 12.1 Å². The highest BCUT2D eigenvalue weighted by Gasteiger charge is 2.37. The molecule has 3 aliphatic rings. The standard InChI is InChI=1S/C20H27N5O4S/c1-23-9-11-24(12-10-23)16-4-2-15(3-5-16)21-20(27)18-6-7-19(26)25(22-18)17-8-13-30(28,29)14-17/h2-5,17H,6-14H2,1H3,(H,21,27). The van der Waals surface area contributed by atoms with E-state index in [1.165, 1.54) is 5.01 Å². The van der Waals surface area contributed by atoms with E-state index in [-0.39, 0.29) is 41.9 Å². The minimum atomic E-state index is -3.14. The number of carbonyl (C=O) groups is 2. The summed E-state index contributed by atoms with van der Waals surface area (Å²) in [4.78, 5) is 29.5. The van der Waals surface area contributed by atoms with Crippen molar-refractivity contribution in [3.05, 3.63) is 24.3 Å². The van der Waals surface area contributed by atoms with Crippen molar-refractivity contribution >= 4 is 38.7 Å². The van der Waals surface area contributed by atoms with Gasteiger partial charge in [-0.25, -0.2) is 13.4 Å². The highest BCUT2D eigenvalue weighted by atomic mass is 32.2. The maximum atomic E-state index is 12.7. The molecule has 2 amide bonds. The van der Waals surface area contributed by atoms with Gasteiger partial charge in [0.1, 0.15) is 5.71 Å². The van der Waals surface area contributed by atoms with Crippen LogP contribution in [0.2, 0.25) is 0 Å². The van der Waals surface area contributed by atoms with E-state index in [2.05, 4.69) is 27.3 Å². The van der Waals surface area contributed by atoms with Crippen LogP contribution in [0.1, 0.15) is 19.3 Å². The molecule has 2 saturated heterocycles. The van der Waals surface area contributed by atoms with Gasteiger partial charge in [0.05, 0.1) is 17.5 Å². The summed E-state index contributed by atoms with van der Waals surface area (Å²) in [6, 6.07) is 7.22. The quantitative estimate of drug-likeness (QED) is 0.744. The van der Waals surface area contributed by atoms with Gasteiger partial charge in [-0.3, -0.25) is 9.59 Å². The third-order valence-electron chi connectivity index (χ3n) is 5.87. The fourth-order valence-electron chi connectivity index (χ4n) is 4.01. The van der Waals surface area contributed by atoms with Crippen LogP contribution in [0.25, 0.3) is 0 Å². The monoisotopic (exact) mass is 433 g/mol. The first-order valence-corrected chi connectivity index (χ1v) is 12.1. The van der Waals surface area contributed by atoms with E-state index >= 15 is 0 Å². The fourth-order valence-corrected chi connectivity index (χ4v) is 5.70. The van der Waals surface area contributed by atoms with E-state index in [1.807, 2.05) is 24.3 Å². The average Bonchev–Trinajstić information content (AvgIpc) is 3.09. The van der Waals surface area contributed by atoms with Gasteiger partial charge in [0.25, 0.3) is 5.91 Å². The number of nitrogens with one attached hydrogen (secondary N) is 1. The van der Waals surface area contributed by atoms with Gasteiger partial charge >= 0.3 is 0 Å². The van der Waals surface area contributed by atoms with Crippen LogP contribution in [0.4, 0.5) is 11.4 Å². The van der Waals surface area contributed by atoms with E-state index < -0.39 is 15.9 Å². The molecule has 3 heterocycles. The van der Waals surface area contributed by atoms with Gasteiger partial charge in [0.15, 0.2) is 9.84 Å². The molecule has 30 heavy (non-hydrogen) atoms. The van der Waals surface area contributed by atoms with Crippen molar-refractivity contribution in [3.63, 3.8) is 0 Å². The summed E-state index contributed by atoms with van der Waals surface area (Å²) in [5.74, 6) is -0.630. The summed E-state index contributed by atoms with van der Waals surface area (Å²) >= 11 is 0. The van der Waals surface area contributed by atoms with Gasteiger partial charge < -0.3 is 15.1 Å². The molecule has 0 bridgehead atoms. The minimum absolute atomic E-state index is 0.0537. The Balaban J connectivity index is 1.40. The summed E-state index contributed by atoms with van der Waals surface area (Å²) in [5, 5.41) is 8.26. The number of hydrogen-bond acceptors (Lipinski definition) is 7. The van der Waals surface area contributed by atoms with Crippen LogP contribution in [0.3, 0.4) is 0 Å². The lowest BCUT2D eigenvalue weighted by Crippen LogP contribution is -2.44. The van der Waals surface area contributed by atoms with E-state index in [9.17, 15) is 18.0 Å². The van der Waals surface area contributed by atoms with E-state index in [4.69, 9.17) is 0 Å². The molecule has 1 aromatic carbocycles. The molecule has 2 fully saturated rings. The summed E-state index contributed by atoms with van der Waals surface area (Å²) < 4.78 is 23.5. The van der Waals surface area contributed by atoms with Crippen molar-refractivity contribution in [2.24, 2.45) is 5.10 Å². The third kappa shape index (κ3) is 4.65. The number of rotatable bonds is 4. The zero-order chi connectivity index (χ0) is 21.3. The van der Waals surface area contributed by atoms with Crippen LogP contribution in [-0.4, -0.2) is 86.6 Å². The molecule has 1 N–H and O–H groups in total. The molecular formula is C20H27N5O4S. The minimum Gasteiger partial charge on any atom is -0.369 e. The second-order valence-electron chi connectivity index (χ2n) is 8.13. The van der Waals surface area contributed by atoms with Crippen LogP contribution >= 0.6 is 0 Å². The predicted octanol–water partition coefficient (Wildman–Crippen LogP) is 0.542. The van der Waals surface area contributed by atoms with Crippen molar-refractivity contribution in [3.8, 4) is 0 Å². The first-order valence-electron chi connectivity index (χ1n) is 10.3. The number of piperazine rings is 1. The smallest absolute Gasteiger partial charge is 0.271 e. The summed E-state index contributed by atoms with van der Waals surface area (Å²) in [7, 11) is -1.03. The van der Waals surface area contributed by atoms with Gasteiger partial charge in [0.2, 0.25) is 5.91 Å². The first kappa shape index (κ1) is 20.8. The van der Waals surface area contributed by atoms with Crippen molar-refractivity contribution in [2.75, 3.05) is 54.9 Å². The Morgan fingerprint density at radius 1 is 1.10 bits per heavy atom. The number of amides is 2. The Hall–Kier alpha value is -2.46. The van der Waals surface area contributed by atoms with Crippen LogP contribution < -0.4 is 10.2 Å². The summed E-state index contributed by atoms with van der Waals surface area (Å²) in [5.41, 5.74) is 2.03. The molecule has 9 nitrogen and oxygen atoms in total. The number of anilines is 2. The molecule has 162 valence electrons. The zero-order valence-corrected chi connectivity index (χ0v) is 17.9. The number of likely N-dealkylation sites (N-methyl/N-ethyl adjacent to an activating group) is 1. The van der Waals surface area contributed by atoms with E-state index in [1.54, 1.807) is 0 Å². The molecule has 1 aromatic rings. The number of hydrogen-bond donors (Lipinski definition) is 1. The Bertz CT molecular complexity index is 952. The number of nitrogens with zero attached hydrogens (tertiary/aromatic N) is 4. The molecule has 0 aliphatic carbocycles. The van der Waals surface area contributed by atoms with Gasteiger partial charge in [0, 0.05) is 50.4 Å². The lowest BCUT2D eigenvalue weighted by Gasteiger charge is -2.34. The molecule has 3 aliphatic heterocycles. The molecule has 10 heteroatoms. The molecule has 0 aromatic heterocycles. The highest BCUT2D eigenvalue weighted by molar-refractivity contribution is 7.91. The Labute approximate surface area is 176 Å². The Kier molecular flexibility index (Phi) is 5.79. The Morgan fingerprint density at radius 2 is 1.80 bits per heavy atom. The normalized spacial score (nSPS) is 24.6. The van der Waals surface area contributed by atoms with Gasteiger partial charge in [-0.05, 0) is 37.7 Å². The van der Waals surface area contributed by atoms with Crippen molar-refractivity contribution in [1.29, 1.82) is 0 Å². The number of carbonyl (C=O) groups excluding carboxylic acids is 2. The number of hydrazone groups is 1. The topological polar surface area (TPSA) is 102 Å². The molecule has 1 atom stereocenters. The highest BCUT2D eigenvalue weighted by Crippen LogP contribution is 2.23. The summed E-state index contributed by atoms with van der Waals surface area (Å²) in [6.45, 7) is 3.99. The molecule has 0 spiro atoms. The van der Waals surface area contributed by atoms with Crippen LogP contribution in [0.5, 0.6) is 0 Å². The van der Waals surface area contributed by atoms with Crippen molar-refractivity contribution in [1.82, 2.24) is 9.91 Å². The number of sulfone groups is 1. The predicted molar refractivity (Wildman–Crippen MR) is 115 cm³/mol. The van der Waals surface area contributed by atoms with E-state index in [0.717, 1.165) is 31.9 Å². The largest absolute Gasteiger partial charge is 0.369 e. The fraction of sp³-hybridized carbons (Fsp3) is 0.550. The average molecular weight is 434 g/mol. The molecule has 0 saturated carbocycles. The molecular weight excluding hydrogens is 406 g/mol. The Morgan fingerprint density at radius 3 is 2.43 bits per heavy atom. The maximum Gasteiger partial charge on any atom is 0.271 e. The SMILES string of the molecule is CN1CCN(c2ccc(NC(=O)C3=NN(C4CCS(=O)(=O)C4)C(=O)CC3)cc2)CC1. The van der Waals surface area contributed by atoms with Crippen LogP contribution in [0, 0.1) is 0 Å². The van der Waals surface area contributed by atoms with Crippen LogP contribution in [-0.2, 0) is 19.4 Å². The summed E-state index contributed by atoms with van der Waals surface area (Å²) in [6.07, 6.45) is 0.769. The third-order valence-corrected chi connectivity index (χ3v) is 7.62. The second-order valence-corrected chi connectivity index (χ2v) is 10.4. The number of benzene rings is 1. The van der Waals surface area contributed by atoms with Crippen LogP contribution in [0.15, 0.2) is 29.4 Å². The van der Waals surface area contributed by atoms with Gasteiger partial charge in [-0.1, -0.05) is 0 Å². The van der Waals surface area contributed by atoms with Crippen molar-refractivity contribution < 1.29 is 18.0 Å².